The van der Waals surface area contributed by atoms with Crippen molar-refractivity contribution < 1.29 is 0 Å². The Balaban J connectivity index is 1.93. The zero-order valence-corrected chi connectivity index (χ0v) is 12.9. The molecule has 0 radical (unpaired) electrons. The van der Waals surface area contributed by atoms with Crippen LogP contribution in [0.25, 0.3) is 0 Å². The van der Waals surface area contributed by atoms with Crippen LogP contribution in [0.2, 0.25) is 0 Å². The zero-order valence-electron chi connectivity index (χ0n) is 12.1. The molecular weight excluding hydrogens is 252 g/mol. The van der Waals surface area contributed by atoms with E-state index in [1.807, 2.05) is 12.1 Å². The van der Waals surface area contributed by atoms with Gasteiger partial charge in [0.25, 0.3) is 0 Å². The van der Waals surface area contributed by atoms with Gasteiger partial charge in [0.1, 0.15) is 0 Å². The van der Waals surface area contributed by atoms with Gasteiger partial charge in [0.2, 0.25) is 0 Å². The maximum atomic E-state index is 5.45. The summed E-state index contributed by atoms with van der Waals surface area (Å²) in [7, 11) is 0. The molecule has 1 aromatic carbocycles. The average molecular weight is 276 g/mol. The van der Waals surface area contributed by atoms with Crippen LogP contribution >= 0.6 is 12.2 Å². The number of aryl methyl sites for hydroxylation is 1. The molecule has 0 heterocycles. The first-order valence-electron chi connectivity index (χ1n) is 7.21. The second-order valence-corrected chi connectivity index (χ2v) is 6.20. The van der Waals surface area contributed by atoms with Crippen molar-refractivity contribution in [3.05, 3.63) is 29.8 Å². The molecule has 3 heteroatoms. The smallest absolute Gasteiger partial charge is 0.171 e. The molecule has 1 fully saturated rings. The molecule has 0 bridgehead atoms. The van der Waals surface area contributed by atoms with Crippen LogP contribution in [0.3, 0.4) is 0 Å². The summed E-state index contributed by atoms with van der Waals surface area (Å²) >= 11 is 5.45. The molecule has 1 saturated carbocycles. The van der Waals surface area contributed by atoms with Crippen LogP contribution in [0.15, 0.2) is 24.3 Å². The number of thiocarbonyl (C=S) groups is 1. The van der Waals surface area contributed by atoms with E-state index in [1.165, 1.54) is 24.8 Å². The Kier molecular flexibility index (Phi) is 4.81. The minimum atomic E-state index is 0.507. The molecule has 1 aromatic rings. The van der Waals surface area contributed by atoms with Crippen molar-refractivity contribution in [3.8, 4) is 0 Å². The van der Waals surface area contributed by atoms with Gasteiger partial charge in [-0.2, -0.15) is 0 Å². The lowest BCUT2D eigenvalue weighted by Gasteiger charge is -2.35. The van der Waals surface area contributed by atoms with Gasteiger partial charge >= 0.3 is 0 Å². The Bertz CT molecular complexity index is 444. The van der Waals surface area contributed by atoms with Gasteiger partial charge in [-0.25, -0.2) is 0 Å². The van der Waals surface area contributed by atoms with E-state index in [-0.39, 0.29) is 0 Å². The van der Waals surface area contributed by atoms with Crippen molar-refractivity contribution in [3.63, 3.8) is 0 Å². The molecule has 1 aliphatic carbocycles. The fourth-order valence-corrected chi connectivity index (χ4v) is 3.09. The molecule has 2 nitrogen and oxygen atoms in total. The summed E-state index contributed by atoms with van der Waals surface area (Å²) < 4.78 is 0. The van der Waals surface area contributed by atoms with Gasteiger partial charge in [-0.3, -0.25) is 0 Å². The van der Waals surface area contributed by atoms with E-state index in [1.54, 1.807) is 0 Å². The molecule has 0 amide bonds. The van der Waals surface area contributed by atoms with Gasteiger partial charge in [-0.15, -0.1) is 0 Å². The summed E-state index contributed by atoms with van der Waals surface area (Å²) in [4.78, 5) is 0. The predicted molar refractivity (Wildman–Crippen MR) is 86.5 cm³/mol. The van der Waals surface area contributed by atoms with Crippen molar-refractivity contribution >= 4 is 23.0 Å². The summed E-state index contributed by atoms with van der Waals surface area (Å²) in [6.45, 7) is 6.77. The first kappa shape index (κ1) is 14.3. The molecule has 0 spiro atoms. The topological polar surface area (TPSA) is 24.1 Å². The lowest BCUT2D eigenvalue weighted by Crippen LogP contribution is -2.45. The third-order valence-electron chi connectivity index (χ3n) is 4.42. The highest BCUT2D eigenvalue weighted by atomic mass is 32.1. The van der Waals surface area contributed by atoms with Gasteiger partial charge in [-0.1, -0.05) is 44.9 Å². The minimum absolute atomic E-state index is 0.507. The Morgan fingerprint density at radius 2 is 1.95 bits per heavy atom. The quantitative estimate of drug-likeness (QED) is 0.795. The van der Waals surface area contributed by atoms with Crippen LogP contribution in [0.5, 0.6) is 0 Å². The molecule has 2 rings (SSSR count). The number of anilines is 1. The molecule has 0 saturated heterocycles. The van der Waals surface area contributed by atoms with E-state index in [4.69, 9.17) is 12.2 Å². The predicted octanol–water partition coefficient (Wildman–Crippen LogP) is 4.11. The summed E-state index contributed by atoms with van der Waals surface area (Å²) in [6.07, 6.45) is 3.87. The summed E-state index contributed by atoms with van der Waals surface area (Å²) in [5.41, 5.74) is 2.31. The first-order valence-corrected chi connectivity index (χ1v) is 7.62. The van der Waals surface area contributed by atoms with Crippen molar-refractivity contribution in [1.29, 1.82) is 0 Å². The third-order valence-corrected chi connectivity index (χ3v) is 4.64. The monoisotopic (exact) mass is 276 g/mol. The van der Waals surface area contributed by atoms with Crippen LogP contribution in [0.4, 0.5) is 5.69 Å². The normalized spacial score (nSPS) is 26.8. The average Bonchev–Trinajstić information content (AvgIpc) is 2.38. The first-order chi connectivity index (χ1) is 9.08. The molecular formula is C16H24N2S. The number of nitrogens with one attached hydrogen (secondary N) is 2. The molecule has 3 atom stereocenters. The molecule has 19 heavy (non-hydrogen) atoms. The highest BCUT2D eigenvalue weighted by molar-refractivity contribution is 7.80. The van der Waals surface area contributed by atoms with Crippen molar-refractivity contribution in [2.75, 3.05) is 5.32 Å². The van der Waals surface area contributed by atoms with Gasteiger partial charge < -0.3 is 10.6 Å². The van der Waals surface area contributed by atoms with Crippen LogP contribution in [-0.4, -0.2) is 11.2 Å². The van der Waals surface area contributed by atoms with E-state index in [2.05, 4.69) is 43.5 Å². The zero-order chi connectivity index (χ0) is 13.8. The highest BCUT2D eigenvalue weighted by Crippen LogP contribution is 2.29. The molecule has 0 aliphatic heterocycles. The maximum Gasteiger partial charge on any atom is 0.171 e. The largest absolute Gasteiger partial charge is 0.359 e. The Morgan fingerprint density at radius 1 is 1.21 bits per heavy atom. The van der Waals surface area contributed by atoms with Gasteiger partial charge in [0, 0.05) is 11.7 Å². The number of benzene rings is 1. The Morgan fingerprint density at radius 3 is 2.68 bits per heavy atom. The number of rotatable bonds is 2. The SMILES string of the molecule is Cc1ccccc1NC(=S)N[C@H]1CCC[C@H](C)[C@H]1C. The maximum absolute atomic E-state index is 5.45. The van der Waals surface area contributed by atoms with Gasteiger partial charge in [0.05, 0.1) is 0 Å². The fraction of sp³-hybridized carbons (Fsp3) is 0.562. The summed E-state index contributed by atoms with van der Waals surface area (Å²) in [5, 5.41) is 7.56. The van der Waals surface area contributed by atoms with Gasteiger partial charge in [0.15, 0.2) is 5.11 Å². The van der Waals surface area contributed by atoms with Crippen LogP contribution < -0.4 is 10.6 Å². The molecule has 0 aromatic heterocycles. The molecule has 104 valence electrons. The van der Waals surface area contributed by atoms with E-state index >= 15 is 0 Å². The number of hydrogen-bond acceptors (Lipinski definition) is 1. The van der Waals surface area contributed by atoms with E-state index < -0.39 is 0 Å². The number of hydrogen-bond donors (Lipinski definition) is 2. The minimum Gasteiger partial charge on any atom is -0.359 e. The lowest BCUT2D eigenvalue weighted by molar-refractivity contribution is 0.225. The van der Waals surface area contributed by atoms with Crippen molar-refractivity contribution in [2.45, 2.75) is 46.1 Å². The molecule has 1 aliphatic rings. The van der Waals surface area contributed by atoms with E-state index in [9.17, 15) is 0 Å². The molecule has 0 unspecified atom stereocenters. The van der Waals surface area contributed by atoms with Crippen LogP contribution in [0.1, 0.15) is 38.7 Å². The standard InChI is InChI=1S/C16H24N2S/c1-11-8-6-10-15(13(11)3)18-16(19)17-14-9-5-4-7-12(14)2/h4-5,7,9,11,13,15H,6,8,10H2,1-3H3,(H2,17,18,19)/t11-,13+,15-/m0/s1. The van der Waals surface area contributed by atoms with Crippen LogP contribution in [-0.2, 0) is 0 Å². The lowest BCUT2D eigenvalue weighted by atomic mass is 9.78. The van der Waals surface area contributed by atoms with Crippen molar-refractivity contribution in [1.82, 2.24) is 5.32 Å². The fourth-order valence-electron chi connectivity index (χ4n) is 2.83. The van der Waals surface area contributed by atoms with E-state index in [0.717, 1.165) is 16.7 Å². The number of para-hydroxylation sites is 1. The van der Waals surface area contributed by atoms with Crippen molar-refractivity contribution in [2.24, 2.45) is 11.8 Å². The third kappa shape index (κ3) is 3.69. The summed E-state index contributed by atoms with van der Waals surface area (Å²) in [6, 6.07) is 8.74. The highest BCUT2D eigenvalue weighted by Gasteiger charge is 2.27. The van der Waals surface area contributed by atoms with Gasteiger partial charge in [-0.05, 0) is 49.0 Å². The second-order valence-electron chi connectivity index (χ2n) is 5.79. The van der Waals surface area contributed by atoms with E-state index in [0.29, 0.717) is 12.0 Å². The Labute approximate surface area is 122 Å². The Hall–Kier alpha value is -1.09. The summed E-state index contributed by atoms with van der Waals surface area (Å²) in [5.74, 6) is 1.47. The van der Waals surface area contributed by atoms with Crippen LogP contribution in [0, 0.1) is 18.8 Å². The second kappa shape index (κ2) is 6.38. The molecule has 2 N–H and O–H groups in total.